The maximum Gasteiger partial charge on any atom is 0.143 e. The lowest BCUT2D eigenvalue weighted by atomic mass is 10.0. The van der Waals surface area contributed by atoms with Gasteiger partial charge >= 0.3 is 0 Å². The zero-order valence-corrected chi connectivity index (χ0v) is 28.4. The fourth-order valence-corrected chi connectivity index (χ4v) is 10.2. The lowest BCUT2D eigenvalue weighted by Crippen LogP contribution is -2.10. The molecule has 3 heterocycles. The number of benzene rings is 8. The molecule has 2 nitrogen and oxygen atoms in total. The van der Waals surface area contributed by atoms with Crippen molar-refractivity contribution in [3.05, 3.63) is 164 Å². The van der Waals surface area contributed by atoms with Crippen LogP contribution in [0.5, 0.6) is 0 Å². The third-order valence-electron chi connectivity index (χ3n) is 10.0. The van der Waals surface area contributed by atoms with E-state index in [1.165, 1.54) is 56.9 Å². The fourth-order valence-electron chi connectivity index (χ4n) is 7.86. The first-order valence-electron chi connectivity index (χ1n) is 16.8. The highest BCUT2D eigenvalue weighted by Gasteiger charge is 2.23. The van der Waals surface area contributed by atoms with Crippen LogP contribution in [0.4, 0.5) is 17.1 Å². The van der Waals surface area contributed by atoms with Gasteiger partial charge in [0, 0.05) is 56.8 Å². The third kappa shape index (κ3) is 4.07. The van der Waals surface area contributed by atoms with E-state index in [2.05, 4.69) is 169 Å². The summed E-state index contributed by atoms with van der Waals surface area (Å²) >= 11 is 3.73. The van der Waals surface area contributed by atoms with Gasteiger partial charge < -0.3 is 9.32 Å². The maximum atomic E-state index is 6.72. The molecule has 0 atom stereocenters. The monoisotopic (exact) mass is 673 g/mol. The van der Waals surface area contributed by atoms with Crippen molar-refractivity contribution in [3.8, 4) is 11.1 Å². The van der Waals surface area contributed by atoms with Gasteiger partial charge in [-0.1, -0.05) is 109 Å². The Balaban J connectivity index is 1.22. The minimum Gasteiger partial charge on any atom is -0.455 e. The zero-order valence-electron chi connectivity index (χ0n) is 26.8. The van der Waals surface area contributed by atoms with E-state index < -0.39 is 0 Å². The molecular weight excluding hydrogens is 647 g/mol. The first-order valence-corrected chi connectivity index (χ1v) is 18.5. The van der Waals surface area contributed by atoms with Gasteiger partial charge in [-0.3, -0.25) is 0 Å². The lowest BCUT2D eigenvalue weighted by Gasteiger charge is -2.27. The molecule has 11 rings (SSSR count). The number of furan rings is 1. The molecule has 0 saturated heterocycles. The van der Waals surface area contributed by atoms with E-state index in [4.69, 9.17) is 4.42 Å². The van der Waals surface area contributed by atoms with Crippen molar-refractivity contribution in [2.75, 3.05) is 4.90 Å². The number of thiophene rings is 2. The van der Waals surface area contributed by atoms with Crippen molar-refractivity contribution in [2.45, 2.75) is 0 Å². The molecule has 3 aromatic heterocycles. The standard InChI is InChI=1S/C46H27NOS2/c1-2-14-31-28(11-1)25-26-36-43-37(19-9-21-39(43)48-45(31)36)47(38-20-10-24-42-44(38)35-16-4-6-23-41(35)49-42)30-13-7-12-29(27-30)32-17-8-18-34-33-15-3-5-22-40(33)50-46(32)34/h1-27H. The molecule has 8 aromatic carbocycles. The van der Waals surface area contributed by atoms with E-state index in [1.807, 2.05) is 22.7 Å². The average molecular weight is 674 g/mol. The zero-order chi connectivity index (χ0) is 32.8. The van der Waals surface area contributed by atoms with Gasteiger partial charge in [-0.2, -0.15) is 0 Å². The first-order chi connectivity index (χ1) is 24.8. The largest absolute Gasteiger partial charge is 0.455 e. The van der Waals surface area contributed by atoms with Crippen LogP contribution in [0.1, 0.15) is 0 Å². The van der Waals surface area contributed by atoms with Crippen molar-refractivity contribution >= 4 is 113 Å². The van der Waals surface area contributed by atoms with Crippen LogP contribution in [0.15, 0.2) is 168 Å². The van der Waals surface area contributed by atoms with E-state index in [9.17, 15) is 0 Å². The summed E-state index contributed by atoms with van der Waals surface area (Å²) in [7, 11) is 0. The molecule has 0 spiro atoms. The molecule has 0 aliphatic rings. The summed E-state index contributed by atoms with van der Waals surface area (Å²) in [4.78, 5) is 2.46. The molecular formula is C46H27NOS2. The van der Waals surface area contributed by atoms with Gasteiger partial charge in [0.05, 0.1) is 16.8 Å². The Morgan fingerprint density at radius 1 is 0.440 bits per heavy atom. The second-order valence-electron chi connectivity index (χ2n) is 12.8. The topological polar surface area (TPSA) is 16.4 Å². The predicted molar refractivity (Wildman–Crippen MR) is 217 cm³/mol. The molecule has 0 unspecified atom stereocenters. The van der Waals surface area contributed by atoms with Crippen LogP contribution in [0.3, 0.4) is 0 Å². The van der Waals surface area contributed by atoms with Crippen molar-refractivity contribution in [1.82, 2.24) is 0 Å². The third-order valence-corrected chi connectivity index (χ3v) is 12.4. The molecule has 0 aliphatic carbocycles. The minimum absolute atomic E-state index is 0.882. The molecule has 0 aliphatic heterocycles. The summed E-state index contributed by atoms with van der Waals surface area (Å²) in [5.41, 5.74) is 7.61. The molecule has 0 saturated carbocycles. The number of hydrogen-bond acceptors (Lipinski definition) is 4. The molecule has 4 heteroatoms. The van der Waals surface area contributed by atoms with E-state index >= 15 is 0 Å². The predicted octanol–water partition coefficient (Wildman–Crippen LogP) is 14.6. The lowest BCUT2D eigenvalue weighted by molar-refractivity contribution is 0.672. The summed E-state index contributed by atoms with van der Waals surface area (Å²) in [5.74, 6) is 0. The summed E-state index contributed by atoms with van der Waals surface area (Å²) in [5, 5.41) is 9.69. The molecule has 0 fully saturated rings. The van der Waals surface area contributed by atoms with Crippen LogP contribution in [-0.2, 0) is 0 Å². The molecule has 0 bridgehead atoms. The SMILES string of the molecule is c1cc(-c2cccc3c2sc2ccccc23)cc(N(c2cccc3oc4c5ccccc5ccc4c23)c2cccc3sc4ccccc4c23)c1. The van der Waals surface area contributed by atoms with Crippen molar-refractivity contribution in [3.63, 3.8) is 0 Å². The van der Waals surface area contributed by atoms with E-state index in [0.29, 0.717) is 0 Å². The maximum absolute atomic E-state index is 6.72. The van der Waals surface area contributed by atoms with E-state index in [-0.39, 0.29) is 0 Å². The Morgan fingerprint density at radius 2 is 1.12 bits per heavy atom. The quantitative estimate of drug-likeness (QED) is 0.185. The molecule has 50 heavy (non-hydrogen) atoms. The minimum atomic E-state index is 0.882. The van der Waals surface area contributed by atoms with Crippen molar-refractivity contribution in [2.24, 2.45) is 0 Å². The van der Waals surface area contributed by atoms with Crippen LogP contribution < -0.4 is 4.90 Å². The average Bonchev–Trinajstić information content (AvgIpc) is 3.87. The van der Waals surface area contributed by atoms with Gasteiger partial charge in [0.15, 0.2) is 0 Å². The van der Waals surface area contributed by atoms with Gasteiger partial charge in [-0.05, 0) is 71.1 Å². The Kier molecular flexibility index (Phi) is 6.03. The Morgan fingerprint density at radius 3 is 2.02 bits per heavy atom. The number of hydrogen-bond donors (Lipinski definition) is 0. The van der Waals surface area contributed by atoms with Crippen molar-refractivity contribution < 1.29 is 4.42 Å². The van der Waals surface area contributed by atoms with Gasteiger partial charge in [0.1, 0.15) is 11.2 Å². The molecule has 11 aromatic rings. The first kappa shape index (κ1) is 28.0. The number of rotatable bonds is 4. The normalized spacial score (nSPS) is 12.0. The Bertz CT molecular complexity index is 3130. The molecule has 0 radical (unpaired) electrons. The Hall–Kier alpha value is -5.94. The van der Waals surface area contributed by atoms with Crippen LogP contribution >= 0.6 is 22.7 Å². The van der Waals surface area contributed by atoms with E-state index in [0.717, 1.165) is 44.4 Å². The molecule has 0 N–H and O–H groups in total. The van der Waals surface area contributed by atoms with Crippen LogP contribution in [0.2, 0.25) is 0 Å². The van der Waals surface area contributed by atoms with Crippen LogP contribution in [0.25, 0.3) is 84.2 Å². The number of fused-ring (bicyclic) bond motifs is 11. The molecule has 0 amide bonds. The summed E-state index contributed by atoms with van der Waals surface area (Å²) in [6.45, 7) is 0. The van der Waals surface area contributed by atoms with Gasteiger partial charge in [0.25, 0.3) is 0 Å². The number of nitrogens with zero attached hydrogens (tertiary/aromatic N) is 1. The van der Waals surface area contributed by atoms with Gasteiger partial charge in [-0.15, -0.1) is 22.7 Å². The van der Waals surface area contributed by atoms with Gasteiger partial charge in [0.2, 0.25) is 0 Å². The van der Waals surface area contributed by atoms with Crippen LogP contribution in [0, 0.1) is 0 Å². The fraction of sp³-hybridized carbons (Fsp3) is 0. The highest BCUT2D eigenvalue weighted by atomic mass is 32.1. The highest BCUT2D eigenvalue weighted by molar-refractivity contribution is 7.26. The smallest absolute Gasteiger partial charge is 0.143 e. The highest BCUT2D eigenvalue weighted by Crippen LogP contribution is 2.49. The molecule has 234 valence electrons. The summed E-state index contributed by atoms with van der Waals surface area (Å²) < 4.78 is 11.9. The number of anilines is 3. The van der Waals surface area contributed by atoms with E-state index in [1.54, 1.807) is 0 Å². The summed E-state index contributed by atoms with van der Waals surface area (Å²) in [6.07, 6.45) is 0. The Labute approximate surface area is 295 Å². The van der Waals surface area contributed by atoms with Crippen LogP contribution in [-0.4, -0.2) is 0 Å². The summed E-state index contributed by atoms with van der Waals surface area (Å²) in [6, 6.07) is 59.4. The second-order valence-corrected chi connectivity index (χ2v) is 15.0. The van der Waals surface area contributed by atoms with Gasteiger partial charge in [-0.25, -0.2) is 0 Å². The van der Waals surface area contributed by atoms with Crippen molar-refractivity contribution in [1.29, 1.82) is 0 Å². The second kappa shape index (κ2) is 10.8.